The van der Waals surface area contributed by atoms with E-state index in [0.717, 1.165) is 77.0 Å². The van der Waals surface area contributed by atoms with Gasteiger partial charge in [0.25, 0.3) is 0 Å². The Kier molecular flexibility index (Phi) is 41.2. The van der Waals surface area contributed by atoms with Crippen LogP contribution in [0.4, 0.5) is 0 Å². The van der Waals surface area contributed by atoms with E-state index in [1.165, 1.54) is 122 Å². The highest BCUT2D eigenvalue weighted by atomic mass is 16.5. The van der Waals surface area contributed by atoms with E-state index >= 15 is 0 Å². The first-order valence-corrected chi connectivity index (χ1v) is 23.6. The second-order valence-electron chi connectivity index (χ2n) is 16.2. The molecule has 318 valence electrons. The molecule has 0 aromatic rings. The minimum Gasteiger partial charge on any atom is -0.462 e. The number of amides is 1. The van der Waals surface area contributed by atoms with E-state index in [0.29, 0.717) is 19.3 Å². The zero-order valence-electron chi connectivity index (χ0n) is 36.1. The Morgan fingerprint density at radius 3 is 1.41 bits per heavy atom. The topological polar surface area (TPSA) is 95.9 Å². The van der Waals surface area contributed by atoms with Crippen molar-refractivity contribution in [3.05, 3.63) is 24.3 Å². The van der Waals surface area contributed by atoms with Crippen molar-refractivity contribution in [2.75, 3.05) is 6.61 Å². The predicted octanol–water partition coefficient (Wildman–Crippen LogP) is 13.6. The van der Waals surface area contributed by atoms with Gasteiger partial charge in [0.2, 0.25) is 5.91 Å². The molecule has 0 aromatic carbocycles. The maximum atomic E-state index is 13.1. The van der Waals surface area contributed by atoms with Crippen LogP contribution in [-0.2, 0) is 14.3 Å². The fourth-order valence-electron chi connectivity index (χ4n) is 7.13. The molecule has 0 aliphatic rings. The van der Waals surface area contributed by atoms with E-state index in [9.17, 15) is 19.8 Å². The molecule has 0 saturated heterocycles. The van der Waals surface area contributed by atoms with Crippen LogP contribution in [0.15, 0.2) is 24.3 Å². The molecule has 6 nitrogen and oxygen atoms in total. The van der Waals surface area contributed by atoms with Gasteiger partial charge in [0, 0.05) is 6.42 Å². The summed E-state index contributed by atoms with van der Waals surface area (Å²) in [5.74, 6) is -0.495. The fourth-order valence-corrected chi connectivity index (χ4v) is 7.13. The molecule has 0 aliphatic carbocycles. The Balaban J connectivity index is 4.60. The summed E-state index contributed by atoms with van der Waals surface area (Å²) in [4.78, 5) is 26.0. The van der Waals surface area contributed by atoms with Crippen LogP contribution in [0, 0.1) is 0 Å². The molecule has 3 N–H and O–H groups in total. The number of aliphatic hydroxyl groups is 2. The Hall–Kier alpha value is -1.66. The van der Waals surface area contributed by atoms with Crippen LogP contribution in [0.5, 0.6) is 0 Å². The third-order valence-corrected chi connectivity index (χ3v) is 10.7. The molecule has 0 fully saturated rings. The van der Waals surface area contributed by atoms with E-state index in [1.807, 2.05) is 0 Å². The van der Waals surface area contributed by atoms with Gasteiger partial charge in [-0.3, -0.25) is 9.59 Å². The lowest BCUT2D eigenvalue weighted by Crippen LogP contribution is -2.46. The van der Waals surface area contributed by atoms with Gasteiger partial charge in [-0.05, 0) is 70.6 Å². The average Bonchev–Trinajstić information content (AvgIpc) is 3.16. The first-order valence-electron chi connectivity index (χ1n) is 23.6. The monoisotopic (exact) mass is 762 g/mol. The third kappa shape index (κ3) is 37.3. The van der Waals surface area contributed by atoms with Crippen molar-refractivity contribution in [1.29, 1.82) is 0 Å². The van der Waals surface area contributed by atoms with Crippen LogP contribution in [-0.4, -0.2) is 46.9 Å². The van der Waals surface area contributed by atoms with Crippen LogP contribution in [0.1, 0.15) is 245 Å². The maximum Gasteiger partial charge on any atom is 0.306 e. The average molecular weight is 762 g/mol. The summed E-state index contributed by atoms with van der Waals surface area (Å²) < 4.78 is 5.89. The number of carbonyl (C=O) groups is 2. The summed E-state index contributed by atoms with van der Waals surface area (Å²) in [6.45, 7) is 6.40. The molecule has 54 heavy (non-hydrogen) atoms. The quantitative estimate of drug-likeness (QED) is 0.0327. The largest absolute Gasteiger partial charge is 0.462 e. The Labute approximate surface area is 335 Å². The Bertz CT molecular complexity index is 858. The van der Waals surface area contributed by atoms with Crippen molar-refractivity contribution in [3.8, 4) is 0 Å². The number of hydrogen-bond donors (Lipinski definition) is 3. The molecule has 6 heteroatoms. The molecule has 1 amide bonds. The number of rotatable bonds is 42. The van der Waals surface area contributed by atoms with E-state index in [-0.39, 0.29) is 24.9 Å². The molecule has 0 rings (SSSR count). The van der Waals surface area contributed by atoms with Gasteiger partial charge in [-0.25, -0.2) is 0 Å². The second kappa shape index (κ2) is 42.5. The summed E-state index contributed by atoms with van der Waals surface area (Å²) in [6.07, 6.45) is 46.6. The van der Waals surface area contributed by atoms with Gasteiger partial charge < -0.3 is 20.3 Å². The van der Waals surface area contributed by atoms with Gasteiger partial charge >= 0.3 is 5.97 Å². The number of aliphatic hydroxyl groups excluding tert-OH is 2. The number of allylic oxidation sites excluding steroid dienone is 4. The molecular formula is C48H91NO5. The summed E-state index contributed by atoms with van der Waals surface area (Å²) >= 11 is 0. The number of ether oxygens (including phenoxy) is 1. The lowest BCUT2D eigenvalue weighted by atomic mass is 10.0. The SMILES string of the molecule is CCC/C=C\CCCCCCCC(=O)OC(CCCCC/C=C/CCCCCCCCC)CC(=O)NC(CO)C(O)CCCCCCCCCCCCC. The van der Waals surface area contributed by atoms with Gasteiger partial charge in [0.05, 0.1) is 25.2 Å². The van der Waals surface area contributed by atoms with Gasteiger partial charge in [-0.15, -0.1) is 0 Å². The number of hydrogen-bond acceptors (Lipinski definition) is 5. The molecule has 3 atom stereocenters. The highest BCUT2D eigenvalue weighted by molar-refractivity contribution is 5.77. The fraction of sp³-hybridized carbons (Fsp3) is 0.875. The third-order valence-electron chi connectivity index (χ3n) is 10.7. The Morgan fingerprint density at radius 1 is 0.519 bits per heavy atom. The van der Waals surface area contributed by atoms with Gasteiger partial charge in [-0.1, -0.05) is 186 Å². The van der Waals surface area contributed by atoms with Crippen molar-refractivity contribution in [2.24, 2.45) is 0 Å². The smallest absolute Gasteiger partial charge is 0.306 e. The maximum absolute atomic E-state index is 13.1. The van der Waals surface area contributed by atoms with Crippen molar-refractivity contribution >= 4 is 11.9 Å². The van der Waals surface area contributed by atoms with Crippen molar-refractivity contribution in [1.82, 2.24) is 5.32 Å². The van der Waals surface area contributed by atoms with Gasteiger partial charge in [0.1, 0.15) is 6.10 Å². The molecule has 3 unspecified atom stereocenters. The van der Waals surface area contributed by atoms with Gasteiger partial charge in [-0.2, -0.15) is 0 Å². The minimum absolute atomic E-state index is 0.0668. The zero-order valence-corrected chi connectivity index (χ0v) is 36.1. The second-order valence-corrected chi connectivity index (χ2v) is 16.2. The summed E-state index contributed by atoms with van der Waals surface area (Å²) in [7, 11) is 0. The van der Waals surface area contributed by atoms with E-state index in [2.05, 4.69) is 50.4 Å². The predicted molar refractivity (Wildman–Crippen MR) is 232 cm³/mol. The lowest BCUT2D eigenvalue weighted by Gasteiger charge is -2.24. The van der Waals surface area contributed by atoms with Crippen LogP contribution in [0.2, 0.25) is 0 Å². The number of carbonyl (C=O) groups excluding carboxylic acids is 2. The van der Waals surface area contributed by atoms with Crippen LogP contribution in [0.25, 0.3) is 0 Å². The Morgan fingerprint density at radius 2 is 0.926 bits per heavy atom. The molecule has 0 aromatic heterocycles. The molecule has 0 spiro atoms. The van der Waals surface area contributed by atoms with Crippen LogP contribution < -0.4 is 5.32 Å². The zero-order chi connectivity index (χ0) is 39.6. The molecular weight excluding hydrogens is 671 g/mol. The van der Waals surface area contributed by atoms with Crippen LogP contribution >= 0.6 is 0 Å². The first kappa shape index (κ1) is 52.3. The highest BCUT2D eigenvalue weighted by Gasteiger charge is 2.24. The minimum atomic E-state index is -0.787. The molecule has 0 saturated carbocycles. The van der Waals surface area contributed by atoms with E-state index in [1.54, 1.807) is 0 Å². The first-order chi connectivity index (χ1) is 26.5. The van der Waals surface area contributed by atoms with E-state index in [4.69, 9.17) is 4.74 Å². The summed E-state index contributed by atoms with van der Waals surface area (Å²) in [5, 5.41) is 23.6. The number of esters is 1. The summed E-state index contributed by atoms with van der Waals surface area (Å²) in [6, 6.07) is -0.702. The standard InChI is InChI=1S/C48H91NO5/c1-4-7-10-13-16-19-22-23-24-26-27-30-33-36-39-44(54-48(53)41-38-35-32-29-21-18-15-12-9-6-3)42-47(52)49-45(43-50)46(51)40-37-34-31-28-25-20-17-14-11-8-5-2/h12,15,24,26,44-46,50-51H,4-11,13-14,16-23,25,27-43H2,1-3H3,(H,49,52)/b15-12-,26-24+. The van der Waals surface area contributed by atoms with Crippen LogP contribution in [0.3, 0.4) is 0 Å². The molecule has 0 heterocycles. The van der Waals surface area contributed by atoms with Crippen molar-refractivity contribution < 1.29 is 24.5 Å². The highest BCUT2D eigenvalue weighted by Crippen LogP contribution is 2.17. The van der Waals surface area contributed by atoms with Gasteiger partial charge in [0.15, 0.2) is 0 Å². The van der Waals surface area contributed by atoms with Crippen molar-refractivity contribution in [2.45, 2.75) is 264 Å². The summed E-state index contributed by atoms with van der Waals surface area (Å²) in [5.41, 5.74) is 0. The molecule has 0 aliphatic heterocycles. The van der Waals surface area contributed by atoms with E-state index < -0.39 is 18.2 Å². The number of nitrogens with one attached hydrogen (secondary N) is 1. The molecule has 0 radical (unpaired) electrons. The van der Waals surface area contributed by atoms with Crippen molar-refractivity contribution in [3.63, 3.8) is 0 Å². The normalized spacial score (nSPS) is 13.5. The molecule has 0 bridgehead atoms. The number of unbranched alkanes of at least 4 members (excludes halogenated alkanes) is 26. The lowest BCUT2D eigenvalue weighted by molar-refractivity contribution is -0.151.